The normalized spacial score (nSPS) is 24.8. The van der Waals surface area contributed by atoms with Crippen LogP contribution in [0.5, 0.6) is 0 Å². The van der Waals surface area contributed by atoms with Crippen LogP contribution in [-0.4, -0.2) is 27.2 Å². The Kier molecular flexibility index (Phi) is 4.32. The van der Waals surface area contributed by atoms with E-state index in [4.69, 9.17) is 0 Å². The van der Waals surface area contributed by atoms with Crippen LogP contribution in [0.25, 0.3) is 16.8 Å². The number of nitrogens with one attached hydrogen (secondary N) is 2. The number of rotatable bonds is 2. The van der Waals surface area contributed by atoms with Crippen LogP contribution in [0, 0.1) is 11.7 Å². The summed E-state index contributed by atoms with van der Waals surface area (Å²) in [5.74, 6) is -1.08. The maximum atomic E-state index is 13.4. The third-order valence-corrected chi connectivity index (χ3v) is 5.97. The molecule has 0 spiro atoms. The number of halogens is 4. The summed E-state index contributed by atoms with van der Waals surface area (Å²) in [5, 5.41) is 3.82. The van der Waals surface area contributed by atoms with E-state index < -0.39 is 12.0 Å². The molecule has 2 aromatic heterocycles. The molecule has 0 radical (unpaired) electrons. The Morgan fingerprint density at radius 3 is 2.59 bits per heavy atom. The van der Waals surface area contributed by atoms with Crippen molar-refractivity contribution in [2.75, 3.05) is 6.54 Å². The van der Waals surface area contributed by atoms with Gasteiger partial charge in [0.15, 0.2) is 5.65 Å². The second-order valence-electron chi connectivity index (χ2n) is 7.74. The molecule has 3 aromatic rings. The van der Waals surface area contributed by atoms with Crippen molar-refractivity contribution in [2.24, 2.45) is 5.92 Å². The van der Waals surface area contributed by atoms with Gasteiger partial charge in [-0.1, -0.05) is 12.1 Å². The lowest BCUT2D eigenvalue weighted by Gasteiger charge is -2.32. The smallest absolute Gasteiger partial charge is 0.257 e. The molecule has 3 unspecified atom stereocenters. The molecule has 1 aromatic carbocycles. The van der Waals surface area contributed by atoms with Gasteiger partial charge in [0.2, 0.25) is 0 Å². The fourth-order valence-corrected chi connectivity index (χ4v) is 4.60. The van der Waals surface area contributed by atoms with Crippen LogP contribution in [-0.2, 0) is 6.18 Å². The van der Waals surface area contributed by atoms with Crippen molar-refractivity contribution in [2.45, 2.75) is 37.4 Å². The third kappa shape index (κ3) is 3.28. The summed E-state index contributed by atoms with van der Waals surface area (Å²) in [7, 11) is 0. The number of hydrogen-bond acceptors (Lipinski definition) is 4. The first-order chi connectivity index (χ1) is 13.9. The van der Waals surface area contributed by atoms with E-state index in [-0.39, 0.29) is 17.4 Å². The minimum absolute atomic E-state index is 0.0319. The summed E-state index contributed by atoms with van der Waals surface area (Å²) in [4.78, 5) is 3.70. The van der Waals surface area contributed by atoms with E-state index in [9.17, 15) is 17.6 Å². The Labute approximate surface area is 164 Å². The number of hydrogen-bond donors (Lipinski definition) is 2. The first-order valence-corrected chi connectivity index (χ1v) is 9.61. The quantitative estimate of drug-likeness (QED) is 0.635. The summed E-state index contributed by atoms with van der Waals surface area (Å²) < 4.78 is 54.5. The predicted molar refractivity (Wildman–Crippen MR) is 98.4 cm³/mol. The number of pyridine rings is 1. The molecule has 2 fully saturated rings. The zero-order valence-corrected chi connectivity index (χ0v) is 15.4. The Morgan fingerprint density at radius 2 is 1.83 bits per heavy atom. The summed E-state index contributed by atoms with van der Waals surface area (Å²) >= 11 is 0. The van der Waals surface area contributed by atoms with Crippen LogP contribution in [0.1, 0.15) is 36.7 Å². The minimum atomic E-state index is -4.61. The molecular weight excluding hydrogens is 386 g/mol. The van der Waals surface area contributed by atoms with Gasteiger partial charge in [0.25, 0.3) is 5.82 Å². The highest BCUT2D eigenvalue weighted by molar-refractivity contribution is 5.69. The maximum absolute atomic E-state index is 13.4. The molecule has 0 bridgehead atoms. The molecule has 152 valence electrons. The lowest BCUT2D eigenvalue weighted by Crippen LogP contribution is -2.35. The summed E-state index contributed by atoms with van der Waals surface area (Å²) in [6.07, 6.45) is -2.04. The first-order valence-electron chi connectivity index (χ1n) is 9.61. The molecule has 2 aliphatic rings. The van der Waals surface area contributed by atoms with E-state index in [0.717, 1.165) is 36.9 Å². The molecule has 3 atom stereocenters. The van der Waals surface area contributed by atoms with Gasteiger partial charge in [-0.25, -0.2) is 13.9 Å². The summed E-state index contributed by atoms with van der Waals surface area (Å²) in [6.45, 7) is 0.828. The lowest BCUT2D eigenvalue weighted by molar-refractivity contribution is -0.144. The van der Waals surface area contributed by atoms with Crippen molar-refractivity contribution < 1.29 is 17.6 Å². The largest absolute Gasteiger partial charge is 0.453 e. The van der Waals surface area contributed by atoms with Gasteiger partial charge in [-0.15, -0.1) is 5.10 Å². The van der Waals surface area contributed by atoms with E-state index in [1.54, 1.807) is 18.2 Å². The highest BCUT2D eigenvalue weighted by Gasteiger charge is 2.39. The number of aromatic nitrogens is 3. The fraction of sp³-hybridized carbons (Fsp3) is 0.400. The van der Waals surface area contributed by atoms with Crippen molar-refractivity contribution >= 4 is 5.65 Å². The van der Waals surface area contributed by atoms with Gasteiger partial charge in [-0.2, -0.15) is 13.2 Å². The Bertz CT molecular complexity index is 1040. The maximum Gasteiger partial charge on any atom is 0.453 e. The van der Waals surface area contributed by atoms with Crippen LogP contribution < -0.4 is 10.9 Å². The Hall–Kier alpha value is -2.52. The fourth-order valence-electron chi connectivity index (χ4n) is 4.60. The zero-order chi connectivity index (χ0) is 20.2. The molecule has 1 saturated heterocycles. The molecule has 5 rings (SSSR count). The number of benzene rings is 1. The highest BCUT2D eigenvalue weighted by atomic mass is 19.4. The van der Waals surface area contributed by atoms with Gasteiger partial charge < -0.3 is 0 Å². The lowest BCUT2D eigenvalue weighted by atomic mass is 9.76. The molecule has 9 heteroatoms. The third-order valence-electron chi connectivity index (χ3n) is 5.97. The van der Waals surface area contributed by atoms with Gasteiger partial charge in [0.1, 0.15) is 5.82 Å². The number of nitrogens with zero attached hydrogens (tertiary/aromatic N) is 3. The number of fused-ring (bicyclic) bond motifs is 2. The second kappa shape index (κ2) is 6.77. The van der Waals surface area contributed by atoms with Gasteiger partial charge >= 0.3 is 6.18 Å². The zero-order valence-electron chi connectivity index (χ0n) is 15.4. The van der Waals surface area contributed by atoms with E-state index in [0.29, 0.717) is 17.7 Å². The van der Waals surface area contributed by atoms with Crippen molar-refractivity contribution in [3.63, 3.8) is 0 Å². The molecule has 1 aliphatic heterocycles. The number of alkyl halides is 3. The Morgan fingerprint density at radius 1 is 1.03 bits per heavy atom. The second-order valence-corrected chi connectivity index (χ2v) is 7.74. The van der Waals surface area contributed by atoms with Gasteiger partial charge in [-0.05, 0) is 55.0 Å². The molecule has 5 nitrogen and oxygen atoms in total. The molecule has 1 aliphatic carbocycles. The average molecular weight is 405 g/mol. The minimum Gasteiger partial charge on any atom is -0.257 e. The van der Waals surface area contributed by atoms with E-state index >= 15 is 0 Å². The highest BCUT2D eigenvalue weighted by Crippen LogP contribution is 2.41. The van der Waals surface area contributed by atoms with Crippen LogP contribution in [0.2, 0.25) is 0 Å². The molecular formula is C20H19F4N5. The van der Waals surface area contributed by atoms with Crippen LogP contribution in [0.3, 0.4) is 0 Å². The van der Waals surface area contributed by atoms with E-state index in [1.807, 2.05) is 0 Å². The average Bonchev–Trinajstić information content (AvgIpc) is 3.33. The first kappa shape index (κ1) is 18.5. The topological polar surface area (TPSA) is 54.2 Å². The van der Waals surface area contributed by atoms with Crippen molar-refractivity contribution in [3.05, 3.63) is 53.7 Å². The van der Waals surface area contributed by atoms with Crippen LogP contribution >= 0.6 is 0 Å². The SMILES string of the molecule is Fc1ccc(-c2ccc3nc(C(F)(F)F)nn3c2C2CCC3NNCC3C2)cc1. The van der Waals surface area contributed by atoms with Crippen LogP contribution in [0.4, 0.5) is 17.6 Å². The van der Waals surface area contributed by atoms with Crippen molar-refractivity contribution in [1.29, 1.82) is 0 Å². The molecule has 1 saturated carbocycles. The number of hydrazine groups is 1. The van der Waals surface area contributed by atoms with Crippen molar-refractivity contribution in [1.82, 2.24) is 25.4 Å². The molecule has 0 amide bonds. The molecule has 2 N–H and O–H groups in total. The Balaban J connectivity index is 1.67. The molecule has 29 heavy (non-hydrogen) atoms. The van der Waals surface area contributed by atoms with Gasteiger partial charge in [0, 0.05) is 24.1 Å². The van der Waals surface area contributed by atoms with Gasteiger partial charge in [-0.3, -0.25) is 10.9 Å². The van der Waals surface area contributed by atoms with Crippen LogP contribution in [0.15, 0.2) is 36.4 Å². The molecule has 3 heterocycles. The monoisotopic (exact) mass is 405 g/mol. The predicted octanol–water partition coefficient (Wildman–Crippen LogP) is 3.91. The van der Waals surface area contributed by atoms with E-state index in [1.165, 1.54) is 22.7 Å². The summed E-state index contributed by atoms with van der Waals surface area (Å²) in [5.41, 5.74) is 8.83. The van der Waals surface area contributed by atoms with E-state index in [2.05, 4.69) is 20.9 Å². The standard InChI is InChI=1S/C20H19F4N5/c21-14-4-1-11(2-5-14)15-6-8-17-26-19(20(22,23)24)28-29(17)18(15)12-3-7-16-13(9-12)10-25-27-16/h1-2,4-6,8,12-13,16,25,27H,3,7,9-10H2. The van der Waals surface area contributed by atoms with Gasteiger partial charge in [0.05, 0.1) is 5.69 Å². The summed E-state index contributed by atoms with van der Waals surface area (Å²) in [6, 6.07) is 9.68. The van der Waals surface area contributed by atoms with Crippen molar-refractivity contribution in [3.8, 4) is 11.1 Å².